The minimum Gasteiger partial charge on any atom is -0.381 e. The second kappa shape index (κ2) is 16.0. The Morgan fingerprint density at radius 2 is 1.27 bits per heavy atom. The van der Waals surface area contributed by atoms with Crippen LogP contribution in [0.15, 0.2) is 68.4 Å². The second-order valence-electron chi connectivity index (χ2n) is 9.39. The number of primary amides is 1. The fourth-order valence-corrected chi connectivity index (χ4v) is 5.11. The molecule has 2 N–H and O–H groups in total. The van der Waals surface area contributed by atoms with Gasteiger partial charge in [0.15, 0.2) is 0 Å². The van der Waals surface area contributed by atoms with Crippen molar-refractivity contribution in [1.29, 1.82) is 10.5 Å². The SMILES string of the molecule is N#CC1(c2ccc(Br)cn2)CCOCC1.N#CCc1ccc(Br)cn1.NC(=O)C1(c2ccc(Br)cn2)CCOCC1. The molecule has 41 heavy (non-hydrogen) atoms. The quantitative estimate of drug-likeness (QED) is 0.357. The van der Waals surface area contributed by atoms with Crippen LogP contribution in [-0.2, 0) is 31.5 Å². The second-order valence-corrected chi connectivity index (χ2v) is 12.1. The molecule has 214 valence electrons. The number of rotatable bonds is 4. The van der Waals surface area contributed by atoms with Gasteiger partial charge in [-0.25, -0.2) is 0 Å². The molecule has 1 amide bonds. The number of nitrogens with two attached hydrogens (primary N) is 1. The largest absolute Gasteiger partial charge is 0.381 e. The number of nitrogens with zero attached hydrogens (tertiary/aromatic N) is 5. The summed E-state index contributed by atoms with van der Waals surface area (Å²) in [5.74, 6) is -0.314. The third kappa shape index (κ3) is 9.12. The highest BCUT2D eigenvalue weighted by molar-refractivity contribution is 9.11. The zero-order valence-corrected chi connectivity index (χ0v) is 27.0. The van der Waals surface area contributed by atoms with Crippen molar-refractivity contribution >= 4 is 53.7 Å². The Morgan fingerprint density at radius 3 is 1.68 bits per heavy atom. The van der Waals surface area contributed by atoms with Crippen molar-refractivity contribution in [3.63, 3.8) is 0 Å². The highest BCUT2D eigenvalue weighted by Crippen LogP contribution is 2.34. The van der Waals surface area contributed by atoms with Crippen LogP contribution in [0.25, 0.3) is 0 Å². The van der Waals surface area contributed by atoms with E-state index in [0.29, 0.717) is 45.7 Å². The Balaban J connectivity index is 0.000000174. The third-order valence-corrected chi connectivity index (χ3v) is 8.27. The maximum absolute atomic E-state index is 11.7. The van der Waals surface area contributed by atoms with Gasteiger partial charge < -0.3 is 15.2 Å². The Hall–Kier alpha value is -2.74. The summed E-state index contributed by atoms with van der Waals surface area (Å²) >= 11 is 9.91. The first-order valence-electron chi connectivity index (χ1n) is 12.8. The van der Waals surface area contributed by atoms with Crippen LogP contribution in [0, 0.1) is 22.7 Å². The monoisotopic (exact) mass is 746 g/mol. The van der Waals surface area contributed by atoms with Crippen LogP contribution in [0.2, 0.25) is 0 Å². The van der Waals surface area contributed by atoms with Crippen molar-refractivity contribution in [2.75, 3.05) is 26.4 Å². The van der Waals surface area contributed by atoms with Crippen LogP contribution in [0.1, 0.15) is 42.8 Å². The fourth-order valence-electron chi connectivity index (χ4n) is 4.40. The molecule has 0 aromatic carbocycles. The molecule has 5 heterocycles. The minimum absolute atomic E-state index is 0.314. The van der Waals surface area contributed by atoms with Crippen molar-refractivity contribution in [2.24, 2.45) is 5.73 Å². The highest BCUT2D eigenvalue weighted by Gasteiger charge is 2.41. The van der Waals surface area contributed by atoms with Crippen LogP contribution in [0.3, 0.4) is 0 Å². The van der Waals surface area contributed by atoms with E-state index in [2.05, 4.69) is 68.8 Å². The number of carbonyl (C=O) groups is 1. The van der Waals surface area contributed by atoms with Gasteiger partial charge in [0.1, 0.15) is 5.41 Å². The molecular formula is C29H29Br3N6O3. The summed E-state index contributed by atoms with van der Waals surface area (Å²) < 4.78 is 13.3. The van der Waals surface area contributed by atoms with Gasteiger partial charge >= 0.3 is 0 Å². The van der Waals surface area contributed by atoms with Gasteiger partial charge in [-0.2, -0.15) is 10.5 Å². The summed E-state index contributed by atoms with van der Waals surface area (Å²) in [7, 11) is 0. The predicted octanol–water partition coefficient (Wildman–Crippen LogP) is 5.70. The van der Waals surface area contributed by atoms with Crippen LogP contribution < -0.4 is 5.73 Å². The summed E-state index contributed by atoms with van der Waals surface area (Å²) in [6, 6.07) is 15.7. The Kier molecular flexibility index (Phi) is 12.8. The summed E-state index contributed by atoms with van der Waals surface area (Å²) in [4.78, 5) is 24.3. The maximum atomic E-state index is 11.7. The maximum Gasteiger partial charge on any atom is 0.229 e. The number of amides is 1. The molecule has 3 aromatic heterocycles. The standard InChI is InChI=1S/C11H13BrN2O2.C11H11BrN2O.C7H5BrN2/c12-8-1-2-9(14-7-8)11(10(13)15)3-5-16-6-4-11;12-9-1-2-10(14-7-9)11(8-13)3-5-15-6-4-11;8-6-1-2-7(3-4-9)10-5-6/h1-2,7H,3-6H2,(H2,13,15);1-2,7H,3-6H2;1-2,5H,3H2. The van der Waals surface area contributed by atoms with Gasteiger partial charge in [-0.15, -0.1) is 0 Å². The number of nitriles is 2. The van der Waals surface area contributed by atoms with Gasteiger partial charge in [0.05, 0.1) is 41.1 Å². The molecule has 5 rings (SSSR count). The van der Waals surface area contributed by atoms with E-state index in [9.17, 15) is 10.1 Å². The first kappa shape index (κ1) is 32.8. The Morgan fingerprint density at radius 1 is 0.780 bits per heavy atom. The van der Waals surface area contributed by atoms with Crippen molar-refractivity contribution < 1.29 is 14.3 Å². The van der Waals surface area contributed by atoms with Crippen LogP contribution in [0.5, 0.6) is 0 Å². The fraction of sp³-hybridized carbons (Fsp3) is 0.379. The smallest absolute Gasteiger partial charge is 0.229 e. The molecule has 0 radical (unpaired) electrons. The van der Waals surface area contributed by atoms with E-state index in [1.165, 1.54) is 0 Å². The van der Waals surface area contributed by atoms with Gasteiger partial charge in [-0.3, -0.25) is 19.7 Å². The molecule has 2 aliphatic heterocycles. The van der Waals surface area contributed by atoms with Crippen LogP contribution >= 0.6 is 47.8 Å². The topological polar surface area (TPSA) is 148 Å². The first-order valence-corrected chi connectivity index (χ1v) is 15.2. The molecule has 3 aromatic rings. The molecule has 2 saturated heterocycles. The van der Waals surface area contributed by atoms with Gasteiger partial charge in [0.25, 0.3) is 0 Å². The van der Waals surface area contributed by atoms with Crippen LogP contribution in [0.4, 0.5) is 0 Å². The van der Waals surface area contributed by atoms with Gasteiger partial charge in [0.2, 0.25) is 5.91 Å². The van der Waals surface area contributed by atoms with Crippen molar-refractivity contribution in [3.05, 3.63) is 85.5 Å². The predicted molar refractivity (Wildman–Crippen MR) is 163 cm³/mol. The minimum atomic E-state index is -0.654. The summed E-state index contributed by atoms with van der Waals surface area (Å²) in [5, 5.41) is 17.6. The molecule has 12 heteroatoms. The molecule has 9 nitrogen and oxygen atoms in total. The van der Waals surface area contributed by atoms with E-state index in [1.54, 1.807) is 18.6 Å². The van der Waals surface area contributed by atoms with Gasteiger partial charge in [0, 0.05) is 58.4 Å². The number of hydrogen-bond donors (Lipinski definition) is 1. The lowest BCUT2D eigenvalue weighted by molar-refractivity contribution is -0.127. The third-order valence-electron chi connectivity index (χ3n) is 6.86. The molecule has 0 bridgehead atoms. The Bertz CT molecular complexity index is 1350. The summed E-state index contributed by atoms with van der Waals surface area (Å²) in [5.41, 5.74) is 6.84. The van der Waals surface area contributed by atoms with E-state index in [-0.39, 0.29) is 5.91 Å². The number of halogens is 3. The normalized spacial score (nSPS) is 16.8. The van der Waals surface area contributed by atoms with Crippen molar-refractivity contribution in [2.45, 2.75) is 42.9 Å². The molecule has 0 spiro atoms. The first-order chi connectivity index (χ1) is 19.7. The molecule has 0 atom stereocenters. The number of ether oxygens (including phenoxy) is 2. The lowest BCUT2D eigenvalue weighted by atomic mass is 9.76. The lowest BCUT2D eigenvalue weighted by Gasteiger charge is -2.33. The molecule has 0 saturated carbocycles. The highest BCUT2D eigenvalue weighted by atomic mass is 79.9. The summed E-state index contributed by atoms with van der Waals surface area (Å²) in [6.07, 6.45) is 8.18. The molecule has 0 aliphatic carbocycles. The van der Waals surface area contributed by atoms with E-state index >= 15 is 0 Å². The molecule has 2 fully saturated rings. The Labute approximate surface area is 264 Å². The van der Waals surface area contributed by atoms with E-state index < -0.39 is 10.8 Å². The number of carbonyl (C=O) groups excluding carboxylic acids is 1. The van der Waals surface area contributed by atoms with Crippen molar-refractivity contribution in [3.8, 4) is 12.1 Å². The molecule has 0 unspecified atom stereocenters. The van der Waals surface area contributed by atoms with E-state index in [4.69, 9.17) is 20.5 Å². The van der Waals surface area contributed by atoms with Gasteiger partial charge in [-0.1, -0.05) is 0 Å². The van der Waals surface area contributed by atoms with Gasteiger partial charge in [-0.05, 0) is 110 Å². The van der Waals surface area contributed by atoms with Crippen molar-refractivity contribution in [1.82, 2.24) is 15.0 Å². The average Bonchev–Trinajstić information content (AvgIpc) is 3.00. The van der Waals surface area contributed by atoms with E-state index in [0.717, 1.165) is 43.3 Å². The lowest BCUT2D eigenvalue weighted by Crippen LogP contribution is -2.46. The van der Waals surface area contributed by atoms with Crippen LogP contribution in [-0.4, -0.2) is 47.3 Å². The number of aromatic nitrogens is 3. The molecule has 2 aliphatic rings. The zero-order chi connectivity index (χ0) is 29.7. The number of hydrogen-bond acceptors (Lipinski definition) is 8. The van der Waals surface area contributed by atoms with E-state index in [1.807, 2.05) is 42.5 Å². The summed E-state index contributed by atoms with van der Waals surface area (Å²) in [6.45, 7) is 2.40. The zero-order valence-electron chi connectivity index (χ0n) is 22.2. The average molecular weight is 749 g/mol. The number of pyridine rings is 3. The molecular weight excluding hydrogens is 720 g/mol.